The molecule has 0 saturated heterocycles. The Morgan fingerprint density at radius 2 is 2.05 bits per heavy atom. The second-order valence-corrected chi connectivity index (χ2v) is 4.13. The van der Waals surface area contributed by atoms with Gasteiger partial charge in [0.1, 0.15) is 0 Å². The molecule has 0 unspecified atom stereocenters. The molecule has 0 bridgehead atoms. The lowest BCUT2D eigenvalue weighted by atomic mass is 10.1. The first-order chi connectivity index (χ1) is 9.62. The van der Waals surface area contributed by atoms with Crippen LogP contribution >= 0.6 is 0 Å². The third-order valence-corrected chi connectivity index (χ3v) is 2.64. The molecule has 110 valence electrons. The van der Waals surface area contributed by atoms with E-state index in [1.165, 1.54) is 26.4 Å². The number of hydrogen-bond acceptors (Lipinski definition) is 5. The van der Waals surface area contributed by atoms with Gasteiger partial charge in [-0.1, -0.05) is 19.4 Å². The zero-order chi connectivity index (χ0) is 15.0. The molecule has 1 N–H and O–H groups in total. The summed E-state index contributed by atoms with van der Waals surface area (Å²) in [5, 5.41) is 9.71. The van der Waals surface area contributed by atoms with Gasteiger partial charge in [0.2, 0.25) is 5.76 Å². The highest BCUT2D eigenvalue weighted by Crippen LogP contribution is 2.28. The highest BCUT2D eigenvalue weighted by Gasteiger charge is 2.10. The summed E-state index contributed by atoms with van der Waals surface area (Å²) < 4.78 is 15.0. The molecule has 0 aliphatic rings. The van der Waals surface area contributed by atoms with Crippen LogP contribution in [0.2, 0.25) is 0 Å². The number of phenolic OH excluding ortho intramolecular Hbond substituents is 1. The summed E-state index contributed by atoms with van der Waals surface area (Å²) in [6.07, 6.45) is 3.44. The molecule has 0 spiro atoms. The molecule has 1 aromatic carbocycles. The van der Waals surface area contributed by atoms with Gasteiger partial charge in [0.25, 0.3) is 0 Å². The van der Waals surface area contributed by atoms with E-state index in [1.54, 1.807) is 12.1 Å². The number of methoxy groups -OCH3 is 2. The Labute approximate surface area is 118 Å². The molecule has 1 rings (SSSR count). The minimum atomic E-state index is -0.561. The molecule has 0 aliphatic carbocycles. The largest absolute Gasteiger partial charge is 0.504 e. The summed E-state index contributed by atoms with van der Waals surface area (Å²) in [5.74, 6) is -0.0328. The number of carbonyl (C=O) groups excluding carboxylic acids is 1. The molecule has 0 heterocycles. The third-order valence-electron chi connectivity index (χ3n) is 2.64. The topological polar surface area (TPSA) is 65.0 Å². The summed E-state index contributed by atoms with van der Waals surface area (Å²) in [4.78, 5) is 11.4. The van der Waals surface area contributed by atoms with Gasteiger partial charge >= 0.3 is 5.97 Å². The molecule has 1 aromatic rings. The van der Waals surface area contributed by atoms with Crippen molar-refractivity contribution in [3.05, 3.63) is 29.5 Å². The van der Waals surface area contributed by atoms with Gasteiger partial charge in [-0.25, -0.2) is 4.79 Å². The summed E-state index contributed by atoms with van der Waals surface area (Å²) >= 11 is 0. The first kappa shape index (κ1) is 15.9. The quantitative estimate of drug-likeness (QED) is 0.360. The van der Waals surface area contributed by atoms with E-state index >= 15 is 0 Å². The number of hydrogen-bond donors (Lipinski definition) is 1. The number of phenols is 1. The van der Waals surface area contributed by atoms with Crippen LogP contribution in [0.5, 0.6) is 11.5 Å². The van der Waals surface area contributed by atoms with E-state index in [9.17, 15) is 9.90 Å². The number of carbonyl (C=O) groups is 1. The summed E-state index contributed by atoms with van der Waals surface area (Å²) in [7, 11) is 2.67. The Hall–Kier alpha value is -2.17. The first-order valence-corrected chi connectivity index (χ1v) is 6.42. The van der Waals surface area contributed by atoms with Gasteiger partial charge in [-0.2, -0.15) is 0 Å². The van der Waals surface area contributed by atoms with Crippen molar-refractivity contribution in [2.24, 2.45) is 0 Å². The standard InChI is InChI=1S/C15H20O5/c1-4-5-8-20-13-9-11(6-7-12(13)16)10-14(18-2)15(17)19-3/h6-7,9-10,16H,4-5,8H2,1-3H3. The Bertz CT molecular complexity index is 479. The van der Waals surface area contributed by atoms with Gasteiger partial charge in [0.05, 0.1) is 20.8 Å². The summed E-state index contributed by atoms with van der Waals surface area (Å²) in [6, 6.07) is 4.81. The minimum Gasteiger partial charge on any atom is -0.504 e. The lowest BCUT2D eigenvalue weighted by molar-refractivity contribution is -0.139. The van der Waals surface area contributed by atoms with Crippen LogP contribution in [-0.4, -0.2) is 31.9 Å². The SMILES string of the molecule is CCCCOc1cc(C=C(OC)C(=O)OC)ccc1O. The lowest BCUT2D eigenvalue weighted by Gasteiger charge is -2.09. The number of unbranched alkanes of at least 4 members (excludes halogenated alkanes) is 1. The predicted octanol–water partition coefficient (Wildman–Crippen LogP) is 2.73. The van der Waals surface area contributed by atoms with E-state index < -0.39 is 5.97 Å². The Kier molecular flexibility index (Phi) is 6.43. The van der Waals surface area contributed by atoms with E-state index in [-0.39, 0.29) is 11.5 Å². The van der Waals surface area contributed by atoms with E-state index in [2.05, 4.69) is 11.7 Å². The van der Waals surface area contributed by atoms with Crippen molar-refractivity contribution in [1.29, 1.82) is 0 Å². The van der Waals surface area contributed by atoms with Crippen molar-refractivity contribution < 1.29 is 24.1 Å². The van der Waals surface area contributed by atoms with E-state index in [0.29, 0.717) is 17.9 Å². The van der Waals surface area contributed by atoms with Gasteiger partial charge < -0.3 is 19.3 Å². The van der Waals surface area contributed by atoms with Crippen LogP contribution in [0.4, 0.5) is 0 Å². The smallest absolute Gasteiger partial charge is 0.373 e. The number of aromatic hydroxyl groups is 1. The Balaban J connectivity index is 2.93. The van der Waals surface area contributed by atoms with Crippen LogP contribution in [0.3, 0.4) is 0 Å². The van der Waals surface area contributed by atoms with E-state index in [4.69, 9.17) is 9.47 Å². The van der Waals surface area contributed by atoms with Crippen LogP contribution < -0.4 is 4.74 Å². The highest BCUT2D eigenvalue weighted by atomic mass is 16.6. The molecule has 5 heteroatoms. The van der Waals surface area contributed by atoms with Crippen molar-refractivity contribution in [3.8, 4) is 11.5 Å². The number of rotatable bonds is 7. The summed E-state index contributed by atoms with van der Waals surface area (Å²) in [5.41, 5.74) is 0.677. The molecule has 0 radical (unpaired) electrons. The van der Waals surface area contributed by atoms with Crippen LogP contribution in [0, 0.1) is 0 Å². The molecule has 0 amide bonds. The molecule has 0 saturated carbocycles. The molecule has 5 nitrogen and oxygen atoms in total. The second kappa shape index (κ2) is 8.09. The molecule has 0 aliphatic heterocycles. The van der Waals surface area contributed by atoms with Crippen molar-refractivity contribution in [2.45, 2.75) is 19.8 Å². The van der Waals surface area contributed by atoms with Gasteiger partial charge in [-0.05, 0) is 30.2 Å². The maximum absolute atomic E-state index is 11.4. The van der Waals surface area contributed by atoms with Crippen molar-refractivity contribution >= 4 is 12.0 Å². The Morgan fingerprint density at radius 1 is 1.30 bits per heavy atom. The lowest BCUT2D eigenvalue weighted by Crippen LogP contribution is -2.06. The minimum absolute atomic E-state index is 0.0651. The number of ether oxygens (including phenoxy) is 3. The highest BCUT2D eigenvalue weighted by molar-refractivity contribution is 5.91. The molecule has 20 heavy (non-hydrogen) atoms. The maximum atomic E-state index is 11.4. The first-order valence-electron chi connectivity index (χ1n) is 6.42. The fourth-order valence-corrected chi connectivity index (χ4v) is 1.52. The van der Waals surface area contributed by atoms with Crippen LogP contribution in [0.1, 0.15) is 25.3 Å². The van der Waals surface area contributed by atoms with Gasteiger partial charge in [-0.15, -0.1) is 0 Å². The monoisotopic (exact) mass is 280 g/mol. The second-order valence-electron chi connectivity index (χ2n) is 4.13. The molecule has 0 aromatic heterocycles. The molecule has 0 fully saturated rings. The fourth-order valence-electron chi connectivity index (χ4n) is 1.52. The average Bonchev–Trinajstić information content (AvgIpc) is 2.47. The van der Waals surface area contributed by atoms with Gasteiger partial charge in [0, 0.05) is 0 Å². The number of benzene rings is 1. The van der Waals surface area contributed by atoms with Crippen LogP contribution in [0.15, 0.2) is 24.0 Å². The fraction of sp³-hybridized carbons (Fsp3) is 0.400. The van der Waals surface area contributed by atoms with Crippen LogP contribution in [-0.2, 0) is 14.3 Å². The average molecular weight is 280 g/mol. The zero-order valence-electron chi connectivity index (χ0n) is 12.0. The Morgan fingerprint density at radius 3 is 2.65 bits per heavy atom. The number of esters is 1. The van der Waals surface area contributed by atoms with Gasteiger partial charge in [-0.3, -0.25) is 0 Å². The van der Waals surface area contributed by atoms with Crippen LogP contribution in [0.25, 0.3) is 6.08 Å². The van der Waals surface area contributed by atoms with Crippen molar-refractivity contribution in [2.75, 3.05) is 20.8 Å². The van der Waals surface area contributed by atoms with Gasteiger partial charge in [0.15, 0.2) is 11.5 Å². The molecular formula is C15H20O5. The van der Waals surface area contributed by atoms with E-state index in [0.717, 1.165) is 12.8 Å². The zero-order valence-corrected chi connectivity index (χ0v) is 12.0. The summed E-state index contributed by atoms with van der Waals surface area (Å²) in [6.45, 7) is 2.59. The third kappa shape index (κ3) is 4.50. The molecular weight excluding hydrogens is 260 g/mol. The normalized spacial score (nSPS) is 11.1. The van der Waals surface area contributed by atoms with Crippen molar-refractivity contribution in [3.63, 3.8) is 0 Å². The van der Waals surface area contributed by atoms with Crippen molar-refractivity contribution in [1.82, 2.24) is 0 Å². The predicted molar refractivity (Wildman–Crippen MR) is 75.5 cm³/mol. The van der Waals surface area contributed by atoms with E-state index in [1.807, 2.05) is 0 Å². The maximum Gasteiger partial charge on any atom is 0.373 e. The molecule has 0 atom stereocenters.